The van der Waals surface area contributed by atoms with Crippen LogP contribution in [0.5, 0.6) is 0 Å². The average Bonchev–Trinajstić information content (AvgIpc) is 3.48. The minimum absolute atomic E-state index is 0.0265. The molecule has 4 aromatic rings. The summed E-state index contributed by atoms with van der Waals surface area (Å²) < 4.78 is 69.0. The van der Waals surface area contributed by atoms with Crippen molar-refractivity contribution < 1.29 is 21.6 Å². The summed E-state index contributed by atoms with van der Waals surface area (Å²) in [7, 11) is -0.645. The lowest BCUT2D eigenvalue weighted by atomic mass is 9.94. The molecule has 0 unspecified atom stereocenters. The van der Waals surface area contributed by atoms with E-state index in [1.165, 1.54) is 16.1 Å². The highest BCUT2D eigenvalue weighted by atomic mass is 32.2. The second-order valence-corrected chi connectivity index (χ2v) is 11.5. The maximum absolute atomic E-state index is 13.2. The first-order chi connectivity index (χ1) is 17.3. The van der Waals surface area contributed by atoms with E-state index in [4.69, 9.17) is 0 Å². The first kappa shape index (κ1) is 25.0. The molecule has 0 bridgehead atoms. The van der Waals surface area contributed by atoms with Gasteiger partial charge < -0.3 is 9.13 Å². The molecule has 0 N–H and O–H groups in total. The molecule has 0 atom stereocenters. The Kier molecular flexibility index (Phi) is 5.49. The monoisotopic (exact) mass is 528 g/mol. The summed E-state index contributed by atoms with van der Waals surface area (Å²) in [6.45, 7) is 3.38. The van der Waals surface area contributed by atoms with Gasteiger partial charge in [-0.15, -0.1) is 0 Å². The van der Waals surface area contributed by atoms with E-state index in [1.54, 1.807) is 14.1 Å². The van der Waals surface area contributed by atoms with Gasteiger partial charge in [-0.2, -0.15) is 18.4 Å². The Morgan fingerprint density at radius 2 is 1.81 bits per heavy atom. The molecule has 3 aromatic heterocycles. The fourth-order valence-electron chi connectivity index (χ4n) is 4.62. The maximum Gasteiger partial charge on any atom is 0.433 e. The summed E-state index contributed by atoms with van der Waals surface area (Å²) in [5.41, 5.74) is 1.24. The summed E-state index contributed by atoms with van der Waals surface area (Å²) >= 11 is 0. The average molecular weight is 529 g/mol. The van der Waals surface area contributed by atoms with E-state index in [9.17, 15) is 26.9 Å². The van der Waals surface area contributed by atoms with E-state index in [-0.39, 0.29) is 27.8 Å². The predicted octanol–water partition coefficient (Wildman–Crippen LogP) is 4.71. The quantitative estimate of drug-likeness (QED) is 0.371. The number of halogens is 3. The molecule has 0 aliphatic heterocycles. The van der Waals surface area contributed by atoms with Crippen LogP contribution in [-0.2, 0) is 35.5 Å². The topological polar surface area (TPSA) is 106 Å². The molecule has 3 heterocycles. The minimum atomic E-state index is -4.64. The number of imidazole rings is 2. The number of aryl methyl sites for hydroxylation is 2. The zero-order valence-electron chi connectivity index (χ0n) is 20.5. The third-order valence-corrected chi connectivity index (χ3v) is 8.79. The van der Waals surface area contributed by atoms with Crippen molar-refractivity contribution >= 4 is 20.9 Å². The molecule has 0 spiro atoms. The Labute approximate surface area is 211 Å². The smallest absolute Gasteiger partial charge is 0.324 e. The van der Waals surface area contributed by atoms with Crippen LogP contribution in [0, 0.1) is 18.3 Å². The highest BCUT2D eigenvalue weighted by molar-refractivity contribution is 7.91. The van der Waals surface area contributed by atoms with Crippen LogP contribution in [-0.4, -0.2) is 38.3 Å². The Hall–Kier alpha value is -3.72. The van der Waals surface area contributed by atoms with Crippen molar-refractivity contribution in [1.82, 2.24) is 24.1 Å². The number of nitriles is 1. The second kappa shape index (κ2) is 8.14. The largest absolute Gasteiger partial charge is 0.433 e. The van der Waals surface area contributed by atoms with Gasteiger partial charge in [-0.1, -0.05) is 25.1 Å². The van der Waals surface area contributed by atoms with Crippen molar-refractivity contribution in [2.45, 2.75) is 43.3 Å². The Morgan fingerprint density at radius 3 is 2.38 bits per heavy atom. The van der Waals surface area contributed by atoms with Crippen LogP contribution in [0.4, 0.5) is 13.2 Å². The molecule has 1 aliphatic rings. The summed E-state index contributed by atoms with van der Waals surface area (Å²) in [6.07, 6.45) is -1.98. The van der Waals surface area contributed by atoms with Crippen LogP contribution < -0.4 is 0 Å². The lowest BCUT2D eigenvalue weighted by Crippen LogP contribution is -2.12. The number of hydrogen-bond acceptors (Lipinski definition) is 6. The van der Waals surface area contributed by atoms with Gasteiger partial charge in [0.25, 0.3) is 0 Å². The molecule has 1 aliphatic carbocycles. The molecule has 0 saturated heterocycles. The van der Waals surface area contributed by atoms with Crippen LogP contribution in [0.3, 0.4) is 0 Å². The third kappa shape index (κ3) is 3.89. The van der Waals surface area contributed by atoms with Gasteiger partial charge in [-0.05, 0) is 37.0 Å². The number of aromatic nitrogens is 5. The second-order valence-electron chi connectivity index (χ2n) is 9.33. The van der Waals surface area contributed by atoms with Crippen molar-refractivity contribution in [3.05, 3.63) is 47.3 Å². The number of nitrogens with zero attached hydrogens (tertiary/aromatic N) is 6. The highest BCUT2D eigenvalue weighted by Crippen LogP contribution is 2.48. The van der Waals surface area contributed by atoms with Crippen LogP contribution in [0.1, 0.15) is 36.6 Å². The van der Waals surface area contributed by atoms with E-state index in [0.29, 0.717) is 16.9 Å². The Bertz CT molecular complexity index is 1720. The number of benzene rings is 1. The van der Waals surface area contributed by atoms with Gasteiger partial charge in [-0.25, -0.2) is 23.4 Å². The summed E-state index contributed by atoms with van der Waals surface area (Å²) in [5.74, 6) is 0.278. The van der Waals surface area contributed by atoms with Crippen molar-refractivity contribution in [2.24, 2.45) is 14.1 Å². The van der Waals surface area contributed by atoms with Crippen LogP contribution in [0.15, 0.2) is 35.5 Å². The van der Waals surface area contributed by atoms with Crippen LogP contribution in [0.2, 0.25) is 0 Å². The van der Waals surface area contributed by atoms with Gasteiger partial charge in [0.1, 0.15) is 17.2 Å². The number of hydrogen-bond donors (Lipinski definition) is 0. The van der Waals surface area contributed by atoms with E-state index in [0.717, 1.165) is 36.2 Å². The molecule has 1 fully saturated rings. The summed E-state index contributed by atoms with van der Waals surface area (Å²) in [5, 5.41) is 9.47. The van der Waals surface area contributed by atoms with Gasteiger partial charge in [0.15, 0.2) is 20.7 Å². The van der Waals surface area contributed by atoms with E-state index in [2.05, 4.69) is 21.0 Å². The SMILES string of the molecule is CCS(=O)(=O)c1c(-c2nc3cc(C(F)(F)F)ncc3n2C)nc(-c2ccc(C3(C#N)CC3)cc2C)n1C. The van der Waals surface area contributed by atoms with Gasteiger partial charge in [-0.3, -0.25) is 0 Å². The van der Waals surface area contributed by atoms with Gasteiger partial charge in [0, 0.05) is 19.7 Å². The lowest BCUT2D eigenvalue weighted by molar-refractivity contribution is -0.141. The van der Waals surface area contributed by atoms with Crippen LogP contribution in [0.25, 0.3) is 33.9 Å². The Morgan fingerprint density at radius 1 is 1.11 bits per heavy atom. The zero-order chi connectivity index (χ0) is 26.9. The number of sulfone groups is 1. The van der Waals surface area contributed by atoms with Gasteiger partial charge in [0.05, 0.1) is 34.5 Å². The molecule has 0 radical (unpaired) electrons. The number of fused-ring (bicyclic) bond motifs is 1. The molecule has 8 nitrogen and oxygen atoms in total. The number of rotatable bonds is 5. The summed E-state index contributed by atoms with van der Waals surface area (Å²) in [6, 6.07) is 8.82. The van der Waals surface area contributed by atoms with Crippen molar-refractivity contribution in [2.75, 3.05) is 5.75 Å². The van der Waals surface area contributed by atoms with Crippen molar-refractivity contribution in [3.63, 3.8) is 0 Å². The molecule has 37 heavy (non-hydrogen) atoms. The lowest BCUT2D eigenvalue weighted by Gasteiger charge is -2.12. The van der Waals surface area contributed by atoms with E-state index in [1.807, 2.05) is 25.1 Å². The third-order valence-electron chi connectivity index (χ3n) is 6.97. The molecule has 1 aromatic carbocycles. The standard InChI is InChI=1S/C25H23F3N6O2S/c1-5-37(35,36)23-20(22-31-17-11-19(25(26,27)28)30-12-18(17)33(22)3)32-21(34(23)4)16-7-6-15(10-14(16)2)24(13-29)8-9-24/h6-7,10-12H,5,8-9H2,1-4H3. The molecule has 1 saturated carbocycles. The van der Waals surface area contributed by atoms with Gasteiger partial charge >= 0.3 is 6.18 Å². The fourth-order valence-corrected chi connectivity index (χ4v) is 5.83. The van der Waals surface area contributed by atoms with Crippen molar-refractivity contribution in [3.8, 4) is 29.0 Å². The highest BCUT2D eigenvalue weighted by Gasteiger charge is 2.45. The fraction of sp³-hybridized carbons (Fsp3) is 0.360. The van der Waals surface area contributed by atoms with Crippen LogP contribution >= 0.6 is 0 Å². The minimum Gasteiger partial charge on any atom is -0.324 e. The molecule has 12 heteroatoms. The summed E-state index contributed by atoms with van der Waals surface area (Å²) in [4.78, 5) is 12.5. The zero-order valence-corrected chi connectivity index (χ0v) is 21.4. The Balaban J connectivity index is 1.73. The number of pyridine rings is 1. The molecule has 5 rings (SSSR count). The van der Waals surface area contributed by atoms with Gasteiger partial charge in [0.2, 0.25) is 0 Å². The maximum atomic E-state index is 13.2. The molecule has 0 amide bonds. The predicted molar refractivity (Wildman–Crippen MR) is 130 cm³/mol. The molecule has 192 valence electrons. The molecular weight excluding hydrogens is 505 g/mol. The first-order valence-corrected chi connectivity index (χ1v) is 13.2. The van der Waals surface area contributed by atoms with E-state index >= 15 is 0 Å². The first-order valence-electron chi connectivity index (χ1n) is 11.6. The van der Waals surface area contributed by atoms with Crippen molar-refractivity contribution in [1.29, 1.82) is 5.26 Å². The number of alkyl halides is 3. The normalized spacial score (nSPS) is 15.2. The molecular formula is C25H23F3N6O2S. The van der Waals surface area contributed by atoms with E-state index < -0.39 is 27.1 Å².